The maximum absolute atomic E-state index is 12.3. The van der Waals surface area contributed by atoms with Gasteiger partial charge < -0.3 is 14.7 Å². The van der Waals surface area contributed by atoms with Crippen LogP contribution in [0.25, 0.3) is 0 Å². The Labute approximate surface area is 250 Å². The number of hydrogen-bond acceptors (Lipinski definition) is 4. The second-order valence-electron chi connectivity index (χ2n) is 11.9. The summed E-state index contributed by atoms with van der Waals surface area (Å²) in [7, 11) is 4.62. The van der Waals surface area contributed by atoms with Crippen LogP contribution in [0.15, 0.2) is 53.4 Å². The van der Waals surface area contributed by atoms with Crippen LogP contribution in [0.3, 0.4) is 0 Å². The molecule has 7 nitrogen and oxygen atoms in total. The van der Waals surface area contributed by atoms with E-state index in [1.165, 1.54) is 82.9 Å². The molecule has 0 spiro atoms. The minimum atomic E-state index is -4.02. The van der Waals surface area contributed by atoms with Crippen LogP contribution >= 0.6 is 0 Å². The van der Waals surface area contributed by atoms with Crippen molar-refractivity contribution in [1.29, 1.82) is 0 Å². The molecule has 2 aromatic rings. The first-order chi connectivity index (χ1) is 19.4. The Kier molecular flexibility index (Phi) is 17.5. The molecule has 0 saturated carbocycles. The second-order valence-corrected chi connectivity index (χ2v) is 13.3. The summed E-state index contributed by atoms with van der Waals surface area (Å²) in [6.45, 7) is 7.21. The summed E-state index contributed by atoms with van der Waals surface area (Å²) in [4.78, 5) is 14.3. The zero-order valence-electron chi connectivity index (χ0n) is 26.5. The van der Waals surface area contributed by atoms with Crippen molar-refractivity contribution in [2.24, 2.45) is 0 Å². The van der Waals surface area contributed by atoms with Gasteiger partial charge >= 0.3 is 0 Å². The Hall–Kier alpha value is -2.42. The lowest BCUT2D eigenvalue weighted by Gasteiger charge is -2.30. The van der Waals surface area contributed by atoms with Gasteiger partial charge in [-0.25, -0.2) is 0 Å². The van der Waals surface area contributed by atoms with Gasteiger partial charge in [0.15, 0.2) is 0 Å². The van der Waals surface area contributed by atoms with E-state index < -0.39 is 10.1 Å². The molecule has 0 aliphatic heterocycles. The Morgan fingerprint density at radius 3 is 1.76 bits per heavy atom. The van der Waals surface area contributed by atoms with E-state index in [0.717, 1.165) is 40.8 Å². The van der Waals surface area contributed by atoms with Crippen LogP contribution in [-0.2, 0) is 10.1 Å². The minimum absolute atomic E-state index is 0.0281. The highest BCUT2D eigenvalue weighted by molar-refractivity contribution is 7.85. The molecule has 0 aromatic heterocycles. The van der Waals surface area contributed by atoms with Crippen LogP contribution < -0.4 is 10.2 Å². The topological polar surface area (TPSA) is 86.7 Å². The van der Waals surface area contributed by atoms with Gasteiger partial charge in [0.25, 0.3) is 16.0 Å². The van der Waals surface area contributed by atoms with E-state index in [4.69, 9.17) is 4.55 Å². The quantitative estimate of drug-likeness (QED) is 0.110. The zero-order chi connectivity index (χ0) is 30.7. The molecule has 8 heteroatoms. The number of nitrogens with one attached hydrogen (secondary N) is 1. The molecule has 0 saturated heterocycles. The normalized spacial score (nSPS) is 11.5. The Morgan fingerprint density at radius 1 is 0.780 bits per heavy atom. The van der Waals surface area contributed by atoms with Crippen molar-refractivity contribution in [2.75, 3.05) is 52.7 Å². The standard InChI is InChI=1S/C26H47N3O.C7H8O3S/c1-6-7-8-9-10-11-12-13-14-15-22-29(4,5)23-16-21-27-26(30)24-17-19-25(20-18-24)28(2)3;1-6-2-4-7(5-3-6)11(8,9)10/h17-20H,6-16,21-23H2,1-5H3;2-5H,1H3,(H,8,9,10)/p+1. The third-order valence-electron chi connectivity index (χ3n) is 7.31. The summed E-state index contributed by atoms with van der Waals surface area (Å²) in [5.74, 6) is 0.0281. The SMILES string of the molecule is CCCCCCCCCCCC[N+](C)(C)CCCNC(=O)c1ccc(N(C)C)cc1.Cc1ccc(S(=O)(=O)O)cc1. The third kappa shape index (κ3) is 17.2. The fraction of sp³-hybridized carbons (Fsp3) is 0.606. The average molecular weight is 591 g/mol. The van der Waals surface area contributed by atoms with Crippen LogP contribution in [0, 0.1) is 6.92 Å². The molecule has 0 radical (unpaired) electrons. The van der Waals surface area contributed by atoms with Gasteiger partial charge in [-0.2, -0.15) is 8.42 Å². The third-order valence-corrected chi connectivity index (χ3v) is 8.18. The lowest BCUT2D eigenvalue weighted by atomic mass is 10.1. The molecule has 0 bridgehead atoms. The number of hydrogen-bond donors (Lipinski definition) is 2. The number of rotatable bonds is 18. The zero-order valence-corrected chi connectivity index (χ0v) is 27.3. The molecule has 232 valence electrons. The fourth-order valence-corrected chi connectivity index (χ4v) is 5.05. The van der Waals surface area contributed by atoms with Crippen molar-refractivity contribution in [3.63, 3.8) is 0 Å². The largest absolute Gasteiger partial charge is 0.378 e. The smallest absolute Gasteiger partial charge is 0.294 e. The van der Waals surface area contributed by atoms with Gasteiger partial charge in [-0.3, -0.25) is 9.35 Å². The molecule has 0 atom stereocenters. The lowest BCUT2D eigenvalue weighted by molar-refractivity contribution is -0.890. The number of anilines is 1. The van der Waals surface area contributed by atoms with E-state index in [1.54, 1.807) is 12.1 Å². The van der Waals surface area contributed by atoms with E-state index in [2.05, 4.69) is 26.3 Å². The monoisotopic (exact) mass is 590 g/mol. The Balaban J connectivity index is 0.000000634. The van der Waals surface area contributed by atoms with Gasteiger partial charge in [0.2, 0.25) is 0 Å². The van der Waals surface area contributed by atoms with Crippen molar-refractivity contribution >= 4 is 21.7 Å². The van der Waals surface area contributed by atoms with Gasteiger partial charge in [-0.1, -0.05) is 76.0 Å². The van der Waals surface area contributed by atoms with E-state index in [9.17, 15) is 13.2 Å². The van der Waals surface area contributed by atoms with Crippen LogP contribution in [0.1, 0.15) is 93.5 Å². The van der Waals surface area contributed by atoms with Crippen molar-refractivity contribution in [3.05, 3.63) is 59.7 Å². The molecule has 0 heterocycles. The summed E-state index contributed by atoms with van der Waals surface area (Å²) < 4.78 is 30.6. The Bertz CT molecular complexity index is 1080. The molecule has 0 unspecified atom stereocenters. The fourth-order valence-electron chi connectivity index (χ4n) is 4.57. The maximum atomic E-state index is 12.3. The van der Waals surface area contributed by atoms with Gasteiger partial charge in [0.1, 0.15) is 0 Å². The van der Waals surface area contributed by atoms with Crippen molar-refractivity contribution in [1.82, 2.24) is 5.32 Å². The van der Waals surface area contributed by atoms with E-state index in [-0.39, 0.29) is 10.8 Å². The number of amides is 1. The van der Waals surface area contributed by atoms with Crippen LogP contribution in [0.2, 0.25) is 0 Å². The van der Waals surface area contributed by atoms with Crippen LogP contribution in [0.4, 0.5) is 5.69 Å². The van der Waals surface area contributed by atoms with Gasteiger partial charge in [0, 0.05) is 38.3 Å². The lowest BCUT2D eigenvalue weighted by Crippen LogP contribution is -2.42. The number of benzene rings is 2. The predicted molar refractivity (Wildman–Crippen MR) is 172 cm³/mol. The summed E-state index contributed by atoms with van der Waals surface area (Å²) in [5.41, 5.74) is 2.80. The van der Waals surface area contributed by atoms with Crippen LogP contribution in [0.5, 0.6) is 0 Å². The second kappa shape index (κ2) is 19.7. The van der Waals surface area contributed by atoms with E-state index >= 15 is 0 Å². The molecular weight excluding hydrogens is 534 g/mol. The van der Waals surface area contributed by atoms with Crippen LogP contribution in [-0.4, -0.2) is 71.2 Å². The summed E-state index contributed by atoms with van der Waals surface area (Å²) in [6, 6.07) is 13.8. The van der Waals surface area contributed by atoms with Crippen molar-refractivity contribution in [3.8, 4) is 0 Å². The first kappa shape index (κ1) is 36.6. The van der Waals surface area contributed by atoms with Crippen molar-refractivity contribution in [2.45, 2.75) is 89.4 Å². The summed E-state index contributed by atoms with van der Waals surface area (Å²) >= 11 is 0. The number of carbonyl (C=O) groups excluding carboxylic acids is 1. The number of carbonyl (C=O) groups is 1. The summed E-state index contributed by atoms with van der Waals surface area (Å²) in [6.07, 6.45) is 14.9. The first-order valence-electron chi connectivity index (χ1n) is 15.3. The first-order valence-corrected chi connectivity index (χ1v) is 16.7. The Morgan fingerprint density at radius 2 is 1.27 bits per heavy atom. The van der Waals surface area contributed by atoms with E-state index in [0.29, 0.717) is 0 Å². The highest BCUT2D eigenvalue weighted by Crippen LogP contribution is 2.13. The number of unbranched alkanes of at least 4 members (excludes halogenated alkanes) is 9. The van der Waals surface area contributed by atoms with Gasteiger partial charge in [-0.05, 0) is 56.2 Å². The molecule has 41 heavy (non-hydrogen) atoms. The number of aryl methyl sites for hydroxylation is 1. The highest BCUT2D eigenvalue weighted by Gasteiger charge is 2.14. The number of quaternary nitrogens is 1. The molecule has 0 fully saturated rings. The molecule has 2 rings (SSSR count). The van der Waals surface area contributed by atoms with Crippen molar-refractivity contribution < 1.29 is 22.2 Å². The van der Waals surface area contributed by atoms with E-state index in [1.807, 2.05) is 50.2 Å². The molecule has 0 aliphatic rings. The highest BCUT2D eigenvalue weighted by atomic mass is 32.2. The molecular formula is C33H56N3O4S+. The van der Waals surface area contributed by atoms with Gasteiger partial charge in [-0.15, -0.1) is 0 Å². The molecule has 0 aliphatic carbocycles. The average Bonchev–Trinajstić information content (AvgIpc) is 2.92. The summed E-state index contributed by atoms with van der Waals surface area (Å²) in [5, 5.41) is 3.07. The maximum Gasteiger partial charge on any atom is 0.294 e. The number of nitrogens with zero attached hydrogens (tertiary/aromatic N) is 2. The minimum Gasteiger partial charge on any atom is -0.378 e. The van der Waals surface area contributed by atoms with Gasteiger partial charge in [0.05, 0.1) is 32.1 Å². The molecule has 1 amide bonds. The molecule has 2 aromatic carbocycles. The predicted octanol–water partition coefficient (Wildman–Crippen LogP) is 7.11. The molecule has 2 N–H and O–H groups in total.